The van der Waals surface area contributed by atoms with Crippen LogP contribution in [0.3, 0.4) is 0 Å². The van der Waals surface area contributed by atoms with Crippen LogP contribution in [0.5, 0.6) is 5.88 Å². The molecule has 11 heteroatoms. The van der Waals surface area contributed by atoms with Crippen molar-refractivity contribution in [2.24, 2.45) is 0 Å². The number of ether oxygens (including phenoxy) is 1. The third kappa shape index (κ3) is 5.03. The first-order chi connectivity index (χ1) is 12.2. The first-order valence-electron chi connectivity index (χ1n) is 8.61. The van der Waals surface area contributed by atoms with Crippen molar-refractivity contribution in [3.63, 3.8) is 0 Å². The lowest BCUT2D eigenvalue weighted by Crippen LogP contribution is -2.48. The predicted molar refractivity (Wildman–Crippen MR) is 104 cm³/mol. The molecule has 27 heavy (non-hydrogen) atoms. The van der Waals surface area contributed by atoms with Gasteiger partial charge in [0.2, 0.25) is 10.0 Å². The van der Waals surface area contributed by atoms with E-state index in [1.54, 1.807) is 0 Å². The Balaban J connectivity index is 2.32. The molecule has 9 nitrogen and oxygen atoms in total. The van der Waals surface area contributed by atoms with E-state index in [1.807, 2.05) is 0 Å². The first-order valence-corrected chi connectivity index (χ1v) is 13.4. The van der Waals surface area contributed by atoms with E-state index in [9.17, 15) is 18.5 Å². The van der Waals surface area contributed by atoms with Crippen LogP contribution in [0.15, 0.2) is 18.3 Å². The summed E-state index contributed by atoms with van der Waals surface area (Å²) in [5.74, 6) is -0.133. The third-order valence-corrected chi connectivity index (χ3v) is 10.9. The Hall–Kier alpha value is -1.56. The van der Waals surface area contributed by atoms with Crippen LogP contribution in [0.1, 0.15) is 20.8 Å². The summed E-state index contributed by atoms with van der Waals surface area (Å²) in [6.07, 6.45) is 1.32. The minimum atomic E-state index is -3.44. The molecule has 0 unspecified atom stereocenters. The van der Waals surface area contributed by atoms with Gasteiger partial charge in [-0.15, -0.1) is 0 Å². The molecule has 2 heterocycles. The number of sulfonamides is 1. The van der Waals surface area contributed by atoms with Crippen molar-refractivity contribution in [1.82, 2.24) is 9.29 Å². The van der Waals surface area contributed by atoms with Gasteiger partial charge in [0.05, 0.1) is 23.8 Å². The molecule has 0 bridgehead atoms. The summed E-state index contributed by atoms with van der Waals surface area (Å²) in [6.45, 7) is 10.6. The zero-order valence-corrected chi connectivity index (χ0v) is 18.3. The highest BCUT2D eigenvalue weighted by Crippen LogP contribution is 2.39. The quantitative estimate of drug-likeness (QED) is 0.397. The molecule has 0 spiro atoms. The Morgan fingerprint density at radius 1 is 1.30 bits per heavy atom. The van der Waals surface area contributed by atoms with E-state index >= 15 is 0 Å². The number of nitrogens with zero attached hydrogens (tertiary/aromatic N) is 3. The zero-order chi connectivity index (χ0) is 20.6. The van der Waals surface area contributed by atoms with E-state index in [4.69, 9.17) is 9.16 Å². The molecular formula is C16H27N3O6SSi. The maximum Gasteiger partial charge on any atom is 0.330 e. The van der Waals surface area contributed by atoms with Crippen molar-refractivity contribution < 1.29 is 22.5 Å². The van der Waals surface area contributed by atoms with Crippen molar-refractivity contribution in [3.8, 4) is 5.88 Å². The van der Waals surface area contributed by atoms with Gasteiger partial charge in [0, 0.05) is 18.8 Å². The number of hydrogen-bond acceptors (Lipinski definition) is 7. The van der Waals surface area contributed by atoms with Gasteiger partial charge >= 0.3 is 5.69 Å². The van der Waals surface area contributed by atoms with Gasteiger partial charge in [0.1, 0.15) is 6.10 Å². The van der Waals surface area contributed by atoms with Crippen molar-refractivity contribution >= 4 is 24.0 Å². The van der Waals surface area contributed by atoms with Crippen LogP contribution in [0.2, 0.25) is 18.1 Å². The number of rotatable bonds is 6. The summed E-state index contributed by atoms with van der Waals surface area (Å²) in [5.41, 5.74) is -0.263. The highest BCUT2D eigenvalue weighted by Gasteiger charge is 2.46. The maximum absolute atomic E-state index is 12.0. The van der Waals surface area contributed by atoms with Crippen LogP contribution >= 0.6 is 0 Å². The van der Waals surface area contributed by atoms with Crippen LogP contribution in [-0.2, 0) is 14.4 Å². The molecule has 1 aromatic rings. The van der Waals surface area contributed by atoms with Gasteiger partial charge in [-0.3, -0.25) is 10.1 Å². The molecule has 1 saturated heterocycles. The van der Waals surface area contributed by atoms with E-state index < -0.39 is 35.5 Å². The smallest absolute Gasteiger partial charge is 0.330 e. The topological polar surface area (TPSA) is 112 Å². The average molecular weight is 418 g/mol. The lowest BCUT2D eigenvalue weighted by Gasteiger charge is -2.39. The summed E-state index contributed by atoms with van der Waals surface area (Å²) >= 11 is 0. The lowest BCUT2D eigenvalue weighted by atomic mass is 10.2. The Morgan fingerprint density at radius 2 is 1.89 bits per heavy atom. The average Bonchev–Trinajstić information content (AvgIpc) is 2.89. The standard InChI is InChI=1S/C16H27N3O6SSi/c1-16(2,3)27(5,6)25-14-11-18(26(4,22)23)10-13(14)24-15-12(19(20)21)8-7-9-17-15/h7-9,13-14H,10-11H2,1-6H3/t13-,14-/m1/s1. The fourth-order valence-electron chi connectivity index (χ4n) is 2.52. The summed E-state index contributed by atoms with van der Waals surface area (Å²) in [7, 11) is -5.65. The normalized spacial score (nSPS) is 22.0. The van der Waals surface area contributed by atoms with Crippen molar-refractivity contribution in [1.29, 1.82) is 0 Å². The van der Waals surface area contributed by atoms with Crippen molar-refractivity contribution in [2.75, 3.05) is 19.3 Å². The van der Waals surface area contributed by atoms with Gasteiger partial charge in [-0.1, -0.05) is 20.8 Å². The third-order valence-electron chi connectivity index (χ3n) is 5.11. The van der Waals surface area contributed by atoms with E-state index in [1.165, 1.54) is 22.6 Å². The second kappa shape index (κ2) is 7.45. The molecule has 152 valence electrons. The number of pyridine rings is 1. The lowest BCUT2D eigenvalue weighted by molar-refractivity contribution is -0.386. The molecule has 0 aromatic carbocycles. The second-order valence-corrected chi connectivity index (χ2v) is 15.0. The molecule has 0 amide bonds. The molecule has 2 atom stereocenters. The first kappa shape index (κ1) is 21.7. The van der Waals surface area contributed by atoms with Gasteiger partial charge in [-0.25, -0.2) is 13.4 Å². The molecule has 1 aromatic heterocycles. The van der Waals surface area contributed by atoms with Crippen LogP contribution in [0.25, 0.3) is 0 Å². The molecule has 0 aliphatic carbocycles. The largest absolute Gasteiger partial charge is 0.465 e. The van der Waals surface area contributed by atoms with Gasteiger partial charge in [0.25, 0.3) is 5.88 Å². The minimum Gasteiger partial charge on any atom is -0.465 e. The van der Waals surface area contributed by atoms with Crippen LogP contribution in [0, 0.1) is 10.1 Å². The Bertz CT molecular complexity index is 809. The number of nitro groups is 1. The fraction of sp³-hybridized carbons (Fsp3) is 0.688. The Morgan fingerprint density at radius 3 is 2.41 bits per heavy atom. The molecule has 1 aliphatic heterocycles. The van der Waals surface area contributed by atoms with Crippen molar-refractivity contribution in [2.45, 2.75) is 51.1 Å². The highest BCUT2D eigenvalue weighted by molar-refractivity contribution is 7.88. The van der Waals surface area contributed by atoms with E-state index in [2.05, 4.69) is 38.8 Å². The monoisotopic (exact) mass is 417 g/mol. The summed E-state index contributed by atoms with van der Waals surface area (Å²) < 4.78 is 37.5. The predicted octanol–water partition coefficient (Wildman–Crippen LogP) is 2.40. The van der Waals surface area contributed by atoms with Gasteiger partial charge < -0.3 is 9.16 Å². The molecule has 0 N–H and O–H groups in total. The SMILES string of the molecule is CC(C)(C)[Si](C)(C)O[C@@H]1CN(S(C)(=O)=O)C[C@H]1Oc1ncccc1[N+](=O)[O-]. The zero-order valence-electron chi connectivity index (χ0n) is 16.5. The second-order valence-electron chi connectivity index (χ2n) is 8.24. The highest BCUT2D eigenvalue weighted by atomic mass is 32.2. The van der Waals surface area contributed by atoms with Crippen LogP contribution < -0.4 is 4.74 Å². The van der Waals surface area contributed by atoms with Crippen LogP contribution in [-0.4, -0.2) is 62.5 Å². The number of hydrogen-bond donors (Lipinski definition) is 0. The Kier molecular flexibility index (Phi) is 6.00. The van der Waals surface area contributed by atoms with Gasteiger partial charge in [-0.2, -0.15) is 4.31 Å². The van der Waals surface area contributed by atoms with E-state index in [0.717, 1.165) is 6.26 Å². The van der Waals surface area contributed by atoms with E-state index in [-0.39, 0.29) is 29.7 Å². The molecule has 0 radical (unpaired) electrons. The van der Waals surface area contributed by atoms with Gasteiger partial charge in [0.15, 0.2) is 8.32 Å². The van der Waals surface area contributed by atoms with Crippen molar-refractivity contribution in [3.05, 3.63) is 28.4 Å². The van der Waals surface area contributed by atoms with Gasteiger partial charge in [-0.05, 0) is 24.2 Å². The fourth-order valence-corrected chi connectivity index (χ4v) is 4.69. The minimum absolute atomic E-state index is 0.0614. The molecule has 2 rings (SSSR count). The molecule has 1 aliphatic rings. The number of aromatic nitrogens is 1. The Labute approximate surface area is 161 Å². The molecular weight excluding hydrogens is 390 g/mol. The molecule has 1 fully saturated rings. The maximum atomic E-state index is 12.0. The summed E-state index contributed by atoms with van der Waals surface area (Å²) in [4.78, 5) is 14.6. The summed E-state index contributed by atoms with van der Waals surface area (Å²) in [6, 6.07) is 2.75. The van der Waals surface area contributed by atoms with E-state index in [0.29, 0.717) is 0 Å². The van der Waals surface area contributed by atoms with Crippen LogP contribution in [0.4, 0.5) is 5.69 Å². The summed E-state index contributed by atoms with van der Waals surface area (Å²) in [5, 5.41) is 11.1. The molecule has 0 saturated carbocycles.